The number of amides is 2. The minimum absolute atomic E-state index is 0.265. The maximum absolute atomic E-state index is 12.2. The van der Waals surface area contributed by atoms with Crippen molar-refractivity contribution in [3.8, 4) is 11.5 Å². The first-order valence-electron chi connectivity index (χ1n) is 8.44. The lowest BCUT2D eigenvalue weighted by Gasteiger charge is -2.10. The Labute approximate surface area is 162 Å². The second kappa shape index (κ2) is 9.96. The molecule has 2 aromatic rings. The van der Waals surface area contributed by atoms with Crippen LogP contribution in [-0.2, 0) is 14.3 Å². The van der Waals surface area contributed by atoms with Gasteiger partial charge in [0.25, 0.3) is 11.8 Å². The molecule has 0 aromatic heterocycles. The zero-order chi connectivity index (χ0) is 20.5. The first-order valence-corrected chi connectivity index (χ1v) is 8.44. The van der Waals surface area contributed by atoms with Gasteiger partial charge in [-0.1, -0.05) is 12.1 Å². The Morgan fingerprint density at radius 3 is 2.25 bits per heavy atom. The van der Waals surface area contributed by atoms with Crippen molar-refractivity contribution in [2.45, 2.75) is 6.92 Å². The minimum atomic E-state index is -0.734. The van der Waals surface area contributed by atoms with Crippen LogP contribution < -0.4 is 20.1 Å². The average Bonchev–Trinajstić information content (AvgIpc) is 2.69. The third-order valence-corrected chi connectivity index (χ3v) is 3.67. The van der Waals surface area contributed by atoms with Crippen LogP contribution in [0, 0.1) is 6.92 Å². The van der Waals surface area contributed by atoms with Gasteiger partial charge in [0, 0.05) is 17.3 Å². The highest BCUT2D eigenvalue weighted by atomic mass is 16.5. The number of hydrogen-bond acceptors (Lipinski definition) is 6. The Morgan fingerprint density at radius 2 is 1.64 bits per heavy atom. The average molecular weight is 386 g/mol. The summed E-state index contributed by atoms with van der Waals surface area (Å²) in [5, 5.41) is 5.05. The van der Waals surface area contributed by atoms with Crippen LogP contribution in [-0.4, -0.2) is 45.2 Å². The topological polar surface area (TPSA) is 103 Å². The van der Waals surface area contributed by atoms with Crippen molar-refractivity contribution in [3.63, 3.8) is 0 Å². The number of rotatable bonds is 8. The van der Waals surface area contributed by atoms with E-state index in [4.69, 9.17) is 14.2 Å². The first kappa shape index (κ1) is 20.8. The van der Waals surface area contributed by atoms with Gasteiger partial charge < -0.3 is 24.8 Å². The molecule has 0 aliphatic rings. The summed E-state index contributed by atoms with van der Waals surface area (Å²) < 4.78 is 15.1. The van der Waals surface area contributed by atoms with E-state index in [1.54, 1.807) is 24.3 Å². The van der Waals surface area contributed by atoms with Gasteiger partial charge in [-0.2, -0.15) is 0 Å². The molecule has 0 radical (unpaired) electrons. The van der Waals surface area contributed by atoms with Crippen molar-refractivity contribution in [3.05, 3.63) is 53.6 Å². The molecule has 8 nitrogen and oxygen atoms in total. The normalized spacial score (nSPS) is 9.96. The third-order valence-electron chi connectivity index (χ3n) is 3.67. The zero-order valence-corrected chi connectivity index (χ0v) is 15.9. The first-order chi connectivity index (χ1) is 13.4. The fourth-order valence-corrected chi connectivity index (χ4v) is 2.31. The minimum Gasteiger partial charge on any atom is -0.497 e. The monoisotopic (exact) mass is 386 g/mol. The van der Waals surface area contributed by atoms with Gasteiger partial charge in [0.2, 0.25) is 0 Å². The standard InChI is InChI=1S/C20H22N2O6/c1-13-5-4-6-15(7-13)22-18(23)12-28-19(24)11-21-20(25)14-8-16(26-2)10-17(9-14)27-3/h4-10H,11-12H2,1-3H3,(H,21,25)(H,22,23). The fraction of sp³-hybridized carbons (Fsp3) is 0.250. The molecule has 2 N–H and O–H groups in total. The molecule has 0 fully saturated rings. The number of nitrogens with one attached hydrogen (secondary N) is 2. The van der Waals surface area contributed by atoms with Crippen molar-refractivity contribution in [2.24, 2.45) is 0 Å². The van der Waals surface area contributed by atoms with Crippen molar-refractivity contribution < 1.29 is 28.6 Å². The van der Waals surface area contributed by atoms with Gasteiger partial charge in [-0.15, -0.1) is 0 Å². The number of benzene rings is 2. The predicted octanol–water partition coefficient (Wildman–Crippen LogP) is 1.92. The van der Waals surface area contributed by atoms with Crippen LogP contribution in [0.4, 0.5) is 5.69 Å². The van der Waals surface area contributed by atoms with Crippen molar-refractivity contribution in [2.75, 3.05) is 32.7 Å². The number of ether oxygens (including phenoxy) is 3. The van der Waals surface area contributed by atoms with Gasteiger partial charge in [-0.05, 0) is 36.8 Å². The maximum Gasteiger partial charge on any atom is 0.325 e. The number of anilines is 1. The Morgan fingerprint density at radius 1 is 0.964 bits per heavy atom. The van der Waals surface area contributed by atoms with Crippen LogP contribution in [0.15, 0.2) is 42.5 Å². The highest BCUT2D eigenvalue weighted by molar-refractivity contribution is 5.97. The van der Waals surface area contributed by atoms with Gasteiger partial charge in [-0.3, -0.25) is 14.4 Å². The summed E-state index contributed by atoms with van der Waals surface area (Å²) in [5.41, 5.74) is 1.87. The molecule has 0 aliphatic heterocycles. The lowest BCUT2D eigenvalue weighted by molar-refractivity contribution is -0.146. The molecule has 0 saturated heterocycles. The summed E-state index contributed by atoms with van der Waals surface area (Å²) in [6.07, 6.45) is 0. The molecule has 148 valence electrons. The maximum atomic E-state index is 12.2. The molecule has 0 saturated carbocycles. The van der Waals surface area contributed by atoms with E-state index in [1.807, 2.05) is 13.0 Å². The summed E-state index contributed by atoms with van der Waals surface area (Å²) in [5.74, 6) is -0.816. The molecule has 0 atom stereocenters. The number of carbonyl (C=O) groups excluding carboxylic acids is 3. The molecule has 0 bridgehead atoms. The zero-order valence-electron chi connectivity index (χ0n) is 15.9. The lowest BCUT2D eigenvalue weighted by Crippen LogP contribution is -2.32. The molecule has 0 unspecified atom stereocenters. The van der Waals surface area contributed by atoms with Crippen LogP contribution in [0.1, 0.15) is 15.9 Å². The van der Waals surface area contributed by atoms with Crippen molar-refractivity contribution in [1.29, 1.82) is 0 Å². The van der Waals surface area contributed by atoms with E-state index >= 15 is 0 Å². The molecule has 0 spiro atoms. The van der Waals surface area contributed by atoms with E-state index in [0.717, 1.165) is 5.56 Å². The second-order valence-corrected chi connectivity index (χ2v) is 5.86. The summed E-state index contributed by atoms with van der Waals surface area (Å²) in [4.78, 5) is 35.8. The molecular formula is C20H22N2O6. The van der Waals surface area contributed by atoms with E-state index < -0.39 is 24.4 Å². The van der Waals surface area contributed by atoms with Crippen LogP contribution in [0.2, 0.25) is 0 Å². The third kappa shape index (κ3) is 6.31. The van der Waals surface area contributed by atoms with Crippen LogP contribution in [0.3, 0.4) is 0 Å². The Bertz CT molecular complexity index is 843. The Hall–Kier alpha value is -3.55. The van der Waals surface area contributed by atoms with E-state index in [9.17, 15) is 14.4 Å². The van der Waals surface area contributed by atoms with Gasteiger partial charge in [-0.25, -0.2) is 0 Å². The Kier molecular flexibility index (Phi) is 7.38. The summed E-state index contributed by atoms with van der Waals surface area (Å²) in [6, 6.07) is 11.9. The van der Waals surface area contributed by atoms with E-state index in [0.29, 0.717) is 17.2 Å². The fourth-order valence-electron chi connectivity index (χ4n) is 2.31. The smallest absolute Gasteiger partial charge is 0.325 e. The highest BCUT2D eigenvalue weighted by Crippen LogP contribution is 2.22. The summed E-state index contributed by atoms with van der Waals surface area (Å²) >= 11 is 0. The van der Waals surface area contributed by atoms with Crippen molar-refractivity contribution in [1.82, 2.24) is 5.32 Å². The van der Waals surface area contributed by atoms with Crippen molar-refractivity contribution >= 4 is 23.5 Å². The Balaban J connectivity index is 1.80. The number of hydrogen-bond donors (Lipinski definition) is 2. The molecule has 0 heterocycles. The molecule has 2 aromatic carbocycles. The second-order valence-electron chi connectivity index (χ2n) is 5.86. The molecule has 0 aliphatic carbocycles. The molecule has 2 rings (SSSR count). The molecule has 8 heteroatoms. The number of methoxy groups -OCH3 is 2. The van der Waals surface area contributed by atoms with Crippen LogP contribution in [0.25, 0.3) is 0 Å². The molecule has 28 heavy (non-hydrogen) atoms. The highest BCUT2D eigenvalue weighted by Gasteiger charge is 2.13. The molecular weight excluding hydrogens is 364 g/mol. The predicted molar refractivity (Wildman–Crippen MR) is 103 cm³/mol. The van der Waals surface area contributed by atoms with Gasteiger partial charge >= 0.3 is 5.97 Å². The van der Waals surface area contributed by atoms with Gasteiger partial charge in [0.1, 0.15) is 18.0 Å². The summed E-state index contributed by atoms with van der Waals surface area (Å²) in [6.45, 7) is 1.07. The van der Waals surface area contributed by atoms with E-state index in [-0.39, 0.29) is 12.1 Å². The number of esters is 1. The number of aryl methyl sites for hydroxylation is 1. The SMILES string of the molecule is COc1cc(OC)cc(C(=O)NCC(=O)OCC(=O)Nc2cccc(C)c2)c1. The van der Waals surface area contributed by atoms with Gasteiger partial charge in [0.05, 0.1) is 14.2 Å². The van der Waals surface area contributed by atoms with Crippen LogP contribution in [0.5, 0.6) is 11.5 Å². The van der Waals surface area contributed by atoms with Crippen LogP contribution >= 0.6 is 0 Å². The van der Waals surface area contributed by atoms with E-state index in [2.05, 4.69) is 10.6 Å². The van der Waals surface area contributed by atoms with Gasteiger partial charge in [0.15, 0.2) is 6.61 Å². The lowest BCUT2D eigenvalue weighted by atomic mass is 10.2. The summed E-state index contributed by atoms with van der Waals surface area (Å²) in [7, 11) is 2.94. The number of carbonyl (C=O) groups is 3. The quantitative estimate of drug-likeness (QED) is 0.672. The molecule has 2 amide bonds. The largest absolute Gasteiger partial charge is 0.497 e. The van der Waals surface area contributed by atoms with E-state index in [1.165, 1.54) is 26.4 Å².